The second kappa shape index (κ2) is 7.26. The van der Waals surface area contributed by atoms with Crippen molar-refractivity contribution in [1.82, 2.24) is 0 Å². The highest BCUT2D eigenvalue weighted by molar-refractivity contribution is 9.10. The Hall–Kier alpha value is -0.830. The van der Waals surface area contributed by atoms with Crippen LogP contribution in [0.3, 0.4) is 0 Å². The number of halogens is 1. The van der Waals surface area contributed by atoms with Gasteiger partial charge in [0.25, 0.3) is 0 Å². The van der Waals surface area contributed by atoms with Gasteiger partial charge in [-0.3, -0.25) is 4.79 Å². The second-order valence-electron chi connectivity index (χ2n) is 5.90. The summed E-state index contributed by atoms with van der Waals surface area (Å²) in [5, 5.41) is 9.66. The molecule has 3 unspecified atom stereocenters. The van der Waals surface area contributed by atoms with Crippen molar-refractivity contribution in [3.05, 3.63) is 34.3 Å². The van der Waals surface area contributed by atoms with Crippen LogP contribution in [0.1, 0.15) is 44.6 Å². The molecule has 2 nitrogen and oxygen atoms in total. The second-order valence-corrected chi connectivity index (χ2v) is 6.81. The van der Waals surface area contributed by atoms with Gasteiger partial charge in [0.15, 0.2) is 0 Å². The molecule has 1 aromatic rings. The number of hydrogen-bond donors (Lipinski definition) is 1. The molecule has 0 heterocycles. The molecule has 1 N–H and O–H groups in total. The first-order valence-electron chi connectivity index (χ1n) is 7.59. The summed E-state index contributed by atoms with van der Waals surface area (Å²) >= 11 is 3.46. The SMILES string of the molecule is CCC1CCCCC1C(Cc1cccc(Br)c1)C(=O)O. The summed E-state index contributed by atoms with van der Waals surface area (Å²) in [5.41, 5.74) is 1.12. The third-order valence-corrected chi connectivity index (χ3v) is 5.16. The number of carboxylic acids is 1. The molecule has 2 rings (SSSR count). The Kier molecular flexibility index (Phi) is 5.64. The van der Waals surface area contributed by atoms with Crippen LogP contribution < -0.4 is 0 Å². The minimum absolute atomic E-state index is 0.241. The first-order chi connectivity index (χ1) is 9.61. The quantitative estimate of drug-likeness (QED) is 0.828. The lowest BCUT2D eigenvalue weighted by Crippen LogP contribution is -2.33. The maximum atomic E-state index is 11.7. The average Bonchev–Trinajstić information content (AvgIpc) is 2.44. The molecule has 0 radical (unpaired) electrons. The molecule has 1 aliphatic rings. The molecular weight excluding hydrogens is 316 g/mol. The van der Waals surface area contributed by atoms with Gasteiger partial charge < -0.3 is 5.11 Å². The summed E-state index contributed by atoms with van der Waals surface area (Å²) < 4.78 is 1.02. The summed E-state index contributed by atoms with van der Waals surface area (Å²) in [7, 11) is 0. The summed E-state index contributed by atoms with van der Waals surface area (Å²) in [6.45, 7) is 2.20. The van der Waals surface area contributed by atoms with Gasteiger partial charge in [-0.05, 0) is 42.4 Å². The Morgan fingerprint density at radius 1 is 1.40 bits per heavy atom. The highest BCUT2D eigenvalue weighted by Crippen LogP contribution is 2.38. The van der Waals surface area contributed by atoms with Crippen molar-refractivity contribution in [1.29, 1.82) is 0 Å². The maximum Gasteiger partial charge on any atom is 0.307 e. The minimum Gasteiger partial charge on any atom is -0.481 e. The molecule has 1 fully saturated rings. The molecule has 0 bridgehead atoms. The summed E-state index contributed by atoms with van der Waals surface area (Å²) in [6, 6.07) is 8.04. The van der Waals surface area contributed by atoms with E-state index in [4.69, 9.17) is 0 Å². The molecule has 1 aromatic carbocycles. The van der Waals surface area contributed by atoms with Crippen molar-refractivity contribution >= 4 is 21.9 Å². The van der Waals surface area contributed by atoms with E-state index in [1.54, 1.807) is 0 Å². The van der Waals surface area contributed by atoms with E-state index >= 15 is 0 Å². The van der Waals surface area contributed by atoms with Gasteiger partial charge in [0.2, 0.25) is 0 Å². The van der Waals surface area contributed by atoms with E-state index in [9.17, 15) is 9.90 Å². The van der Waals surface area contributed by atoms with Crippen LogP contribution in [0.5, 0.6) is 0 Å². The van der Waals surface area contributed by atoms with Crippen molar-refractivity contribution in [2.45, 2.75) is 45.4 Å². The van der Waals surface area contributed by atoms with Crippen molar-refractivity contribution in [2.24, 2.45) is 17.8 Å². The molecule has 0 saturated heterocycles. The molecule has 1 aliphatic carbocycles. The molecule has 0 spiro atoms. The third kappa shape index (κ3) is 3.85. The van der Waals surface area contributed by atoms with Gasteiger partial charge in [0, 0.05) is 4.47 Å². The first-order valence-corrected chi connectivity index (χ1v) is 8.38. The number of aliphatic carboxylic acids is 1. The van der Waals surface area contributed by atoms with Crippen LogP contribution in [0, 0.1) is 17.8 Å². The lowest BCUT2D eigenvalue weighted by molar-refractivity contribution is -0.145. The Morgan fingerprint density at radius 2 is 2.15 bits per heavy atom. The zero-order chi connectivity index (χ0) is 14.5. The lowest BCUT2D eigenvalue weighted by atomic mass is 9.70. The Morgan fingerprint density at radius 3 is 2.80 bits per heavy atom. The van der Waals surface area contributed by atoms with Gasteiger partial charge >= 0.3 is 5.97 Å². The monoisotopic (exact) mass is 338 g/mol. The molecular formula is C17H23BrO2. The van der Waals surface area contributed by atoms with Crippen LogP contribution in [0.25, 0.3) is 0 Å². The van der Waals surface area contributed by atoms with E-state index in [0.717, 1.165) is 22.9 Å². The van der Waals surface area contributed by atoms with Gasteiger partial charge in [0.05, 0.1) is 5.92 Å². The molecule has 3 heteroatoms. The zero-order valence-electron chi connectivity index (χ0n) is 12.0. The molecule has 0 aliphatic heterocycles. The summed E-state index contributed by atoms with van der Waals surface area (Å²) in [5.74, 6) is 0.0483. The van der Waals surface area contributed by atoms with E-state index in [0.29, 0.717) is 18.3 Å². The average molecular weight is 339 g/mol. The number of carboxylic acid groups (broad SMARTS) is 1. The van der Waals surface area contributed by atoms with Gasteiger partial charge in [-0.15, -0.1) is 0 Å². The third-order valence-electron chi connectivity index (χ3n) is 4.67. The van der Waals surface area contributed by atoms with Crippen LogP contribution in [-0.4, -0.2) is 11.1 Å². The Bertz CT molecular complexity index is 458. The minimum atomic E-state index is -0.629. The molecule has 20 heavy (non-hydrogen) atoms. The standard InChI is InChI=1S/C17H23BrO2/c1-2-13-7-3-4-9-15(13)16(17(19)20)11-12-6-5-8-14(18)10-12/h5-6,8,10,13,15-16H,2-4,7,9,11H2,1H3,(H,19,20). The Balaban J connectivity index is 2.16. The topological polar surface area (TPSA) is 37.3 Å². The zero-order valence-corrected chi connectivity index (χ0v) is 13.6. The van der Waals surface area contributed by atoms with Crippen molar-refractivity contribution in [3.8, 4) is 0 Å². The lowest BCUT2D eigenvalue weighted by Gasteiger charge is -2.35. The van der Waals surface area contributed by atoms with E-state index < -0.39 is 5.97 Å². The molecule has 0 amide bonds. The van der Waals surface area contributed by atoms with Crippen LogP contribution in [0.4, 0.5) is 0 Å². The highest BCUT2D eigenvalue weighted by atomic mass is 79.9. The number of benzene rings is 1. The fraction of sp³-hybridized carbons (Fsp3) is 0.588. The van der Waals surface area contributed by atoms with Crippen molar-refractivity contribution < 1.29 is 9.90 Å². The highest BCUT2D eigenvalue weighted by Gasteiger charge is 2.34. The van der Waals surface area contributed by atoms with Crippen LogP contribution in [0.15, 0.2) is 28.7 Å². The summed E-state index contributed by atoms with van der Waals surface area (Å²) in [6.07, 6.45) is 6.47. The Labute approximate surface area is 129 Å². The maximum absolute atomic E-state index is 11.7. The predicted molar refractivity (Wildman–Crippen MR) is 84.7 cm³/mol. The summed E-state index contributed by atoms with van der Waals surface area (Å²) in [4.78, 5) is 11.7. The number of carbonyl (C=O) groups is 1. The van der Waals surface area contributed by atoms with Gasteiger partial charge in [-0.25, -0.2) is 0 Å². The molecule has 110 valence electrons. The van der Waals surface area contributed by atoms with E-state index in [1.165, 1.54) is 19.3 Å². The molecule has 0 aromatic heterocycles. The first kappa shape index (κ1) is 15.6. The van der Waals surface area contributed by atoms with Gasteiger partial charge in [-0.1, -0.05) is 60.7 Å². The predicted octanol–water partition coefficient (Wildman–Crippen LogP) is 4.91. The fourth-order valence-electron chi connectivity index (χ4n) is 3.61. The van der Waals surface area contributed by atoms with Crippen LogP contribution in [-0.2, 0) is 11.2 Å². The van der Waals surface area contributed by atoms with Gasteiger partial charge in [-0.2, -0.15) is 0 Å². The normalized spacial score (nSPS) is 24.3. The molecule has 1 saturated carbocycles. The number of rotatable bonds is 5. The molecule has 3 atom stereocenters. The number of hydrogen-bond acceptors (Lipinski definition) is 1. The van der Waals surface area contributed by atoms with E-state index in [-0.39, 0.29) is 5.92 Å². The van der Waals surface area contributed by atoms with Crippen molar-refractivity contribution in [3.63, 3.8) is 0 Å². The van der Waals surface area contributed by atoms with Crippen LogP contribution >= 0.6 is 15.9 Å². The van der Waals surface area contributed by atoms with Gasteiger partial charge in [0.1, 0.15) is 0 Å². The largest absolute Gasteiger partial charge is 0.481 e. The van der Waals surface area contributed by atoms with E-state index in [2.05, 4.69) is 22.9 Å². The fourth-order valence-corrected chi connectivity index (χ4v) is 4.06. The smallest absolute Gasteiger partial charge is 0.307 e. The van der Waals surface area contributed by atoms with Crippen LogP contribution in [0.2, 0.25) is 0 Å². The van der Waals surface area contributed by atoms with Crippen molar-refractivity contribution in [2.75, 3.05) is 0 Å². The van der Waals surface area contributed by atoms with E-state index in [1.807, 2.05) is 24.3 Å².